The van der Waals surface area contributed by atoms with Crippen molar-refractivity contribution >= 4 is 16.0 Å². The summed E-state index contributed by atoms with van der Waals surface area (Å²) >= 11 is 0. The predicted molar refractivity (Wildman–Crippen MR) is 117 cm³/mol. The van der Waals surface area contributed by atoms with Gasteiger partial charge in [-0.3, -0.25) is 8.98 Å². The molecule has 2 aliphatic heterocycles. The molecule has 0 aliphatic carbocycles. The molecule has 1 N–H and O–H groups in total. The van der Waals surface area contributed by atoms with E-state index in [-0.39, 0.29) is 19.1 Å². The fourth-order valence-corrected chi connectivity index (χ4v) is 4.58. The van der Waals surface area contributed by atoms with E-state index < -0.39 is 47.1 Å². The highest BCUT2D eigenvalue weighted by atomic mass is 32.2. The largest absolute Gasteiger partial charge is 0.346 e. The molecule has 1 amide bonds. The molecule has 2 fully saturated rings. The molecule has 0 radical (unpaired) electrons. The van der Waals surface area contributed by atoms with E-state index in [1.807, 2.05) is 60.7 Å². The van der Waals surface area contributed by atoms with Crippen molar-refractivity contribution in [1.29, 1.82) is 0 Å². The minimum Gasteiger partial charge on any atom is -0.346 e. The summed E-state index contributed by atoms with van der Waals surface area (Å²) < 4.78 is 53.7. The summed E-state index contributed by atoms with van der Waals surface area (Å²) in [5.41, 5.74) is 1.67. The summed E-state index contributed by atoms with van der Waals surface area (Å²) in [4.78, 5) is 12.0. The zero-order chi connectivity index (χ0) is 23.4. The van der Waals surface area contributed by atoms with Gasteiger partial charge in [-0.1, -0.05) is 60.7 Å². The van der Waals surface area contributed by atoms with Crippen LogP contribution in [0.4, 0.5) is 0 Å². The molecule has 4 rings (SSSR count). The molecule has 0 spiro atoms. The van der Waals surface area contributed by atoms with E-state index >= 15 is 0 Å². The number of hydrogen-bond acceptors (Lipinski definition) is 8. The van der Waals surface area contributed by atoms with Gasteiger partial charge >= 0.3 is 0 Å². The van der Waals surface area contributed by atoms with Gasteiger partial charge in [0.15, 0.2) is 12.6 Å². The second kappa shape index (κ2) is 10.3. The lowest BCUT2D eigenvalue weighted by molar-refractivity contribution is -0.342. The molecule has 0 bridgehead atoms. The Labute approximate surface area is 193 Å². The molecule has 2 heterocycles. The number of carbonyl (C=O) groups is 1. The average Bonchev–Trinajstić information content (AvgIpc) is 2.79. The van der Waals surface area contributed by atoms with Crippen LogP contribution in [0.5, 0.6) is 0 Å². The van der Waals surface area contributed by atoms with E-state index in [1.54, 1.807) is 0 Å². The molecule has 2 aliphatic rings. The van der Waals surface area contributed by atoms with Crippen LogP contribution in [0.2, 0.25) is 0 Å². The number of amides is 1. The molecular weight excluding hydrogens is 450 g/mol. The Morgan fingerprint density at radius 3 is 2.36 bits per heavy atom. The van der Waals surface area contributed by atoms with Crippen LogP contribution in [0.15, 0.2) is 60.7 Å². The molecule has 178 valence electrons. The Balaban J connectivity index is 1.60. The zero-order valence-electron chi connectivity index (χ0n) is 18.3. The molecular formula is C23H27NO8S. The van der Waals surface area contributed by atoms with Gasteiger partial charge in [0.25, 0.3) is 10.1 Å². The van der Waals surface area contributed by atoms with Crippen LogP contribution in [0, 0.1) is 0 Å². The molecule has 2 aromatic rings. The highest BCUT2D eigenvalue weighted by Gasteiger charge is 2.52. The summed E-state index contributed by atoms with van der Waals surface area (Å²) in [6.45, 7) is 1.65. The van der Waals surface area contributed by atoms with Crippen molar-refractivity contribution in [1.82, 2.24) is 5.32 Å². The number of rotatable bonds is 7. The fourth-order valence-electron chi connectivity index (χ4n) is 3.95. The lowest BCUT2D eigenvalue weighted by Gasteiger charge is -2.48. The molecule has 0 aromatic heterocycles. The van der Waals surface area contributed by atoms with Gasteiger partial charge in [-0.15, -0.1) is 0 Å². The highest BCUT2D eigenvalue weighted by Crippen LogP contribution is 2.36. The van der Waals surface area contributed by atoms with Gasteiger partial charge in [-0.25, -0.2) is 0 Å². The van der Waals surface area contributed by atoms with Crippen LogP contribution in [0.3, 0.4) is 0 Å². The molecule has 2 aromatic carbocycles. The molecule has 9 nitrogen and oxygen atoms in total. The van der Waals surface area contributed by atoms with Crippen molar-refractivity contribution in [2.24, 2.45) is 0 Å². The maximum Gasteiger partial charge on any atom is 0.264 e. The van der Waals surface area contributed by atoms with Crippen LogP contribution in [-0.4, -0.2) is 57.8 Å². The number of hydrogen-bond donors (Lipinski definition) is 1. The van der Waals surface area contributed by atoms with Gasteiger partial charge in [0.05, 0.1) is 19.5 Å². The third kappa shape index (κ3) is 6.17. The monoisotopic (exact) mass is 477 g/mol. The lowest BCUT2D eigenvalue weighted by atomic mass is 9.95. The molecule has 33 heavy (non-hydrogen) atoms. The minimum atomic E-state index is -3.90. The number of nitrogens with one attached hydrogen (secondary N) is 1. The molecule has 10 heteroatoms. The first kappa shape index (κ1) is 23.8. The standard InChI is InChI=1S/C23H27NO8S/c1-15(25)24-19-21(32-33(2,26)27)20-18(14-29-22(31-20)17-11-7-4-8-12-17)30-23(19)28-13-16-9-5-3-6-10-16/h3-12,18-23H,13-14H2,1-2H3,(H,24,25)/t18-,19-,20-,21-,22+,23+/m0/s1. The second-order valence-electron chi connectivity index (χ2n) is 8.01. The van der Waals surface area contributed by atoms with E-state index in [4.69, 9.17) is 23.1 Å². The fraction of sp³-hybridized carbons (Fsp3) is 0.435. The van der Waals surface area contributed by atoms with E-state index in [2.05, 4.69) is 5.32 Å². The van der Waals surface area contributed by atoms with Gasteiger partial charge in [0, 0.05) is 12.5 Å². The van der Waals surface area contributed by atoms with E-state index in [0.717, 1.165) is 17.4 Å². The second-order valence-corrected chi connectivity index (χ2v) is 9.61. The van der Waals surface area contributed by atoms with E-state index in [9.17, 15) is 13.2 Å². The normalized spacial score (nSPS) is 29.8. The summed E-state index contributed by atoms with van der Waals surface area (Å²) in [7, 11) is -3.90. The number of ether oxygens (including phenoxy) is 4. The van der Waals surface area contributed by atoms with Crippen LogP contribution < -0.4 is 5.32 Å². The smallest absolute Gasteiger partial charge is 0.264 e. The van der Waals surface area contributed by atoms with E-state index in [1.165, 1.54) is 6.92 Å². The Morgan fingerprint density at radius 1 is 1.06 bits per heavy atom. The van der Waals surface area contributed by atoms with Crippen molar-refractivity contribution in [3.05, 3.63) is 71.8 Å². The molecule has 2 saturated heterocycles. The summed E-state index contributed by atoms with van der Waals surface area (Å²) in [6, 6.07) is 17.8. The Bertz CT molecular complexity index is 1030. The highest BCUT2D eigenvalue weighted by molar-refractivity contribution is 7.86. The van der Waals surface area contributed by atoms with Crippen molar-refractivity contribution in [3.63, 3.8) is 0 Å². The quantitative estimate of drug-likeness (QED) is 0.602. The Morgan fingerprint density at radius 2 is 1.73 bits per heavy atom. The number of fused-ring (bicyclic) bond motifs is 1. The van der Waals surface area contributed by atoms with Crippen molar-refractivity contribution < 1.29 is 36.3 Å². The molecule has 6 atom stereocenters. The first-order valence-corrected chi connectivity index (χ1v) is 12.4. The lowest BCUT2D eigenvalue weighted by Crippen LogP contribution is -2.67. The molecule has 0 unspecified atom stereocenters. The van der Waals surface area contributed by atoms with Crippen LogP contribution >= 0.6 is 0 Å². The van der Waals surface area contributed by atoms with Crippen molar-refractivity contribution in [2.75, 3.05) is 12.9 Å². The van der Waals surface area contributed by atoms with Gasteiger partial charge in [0.1, 0.15) is 24.4 Å². The third-order valence-corrected chi connectivity index (χ3v) is 5.90. The first-order chi connectivity index (χ1) is 15.8. The SMILES string of the molecule is CC(=O)N[C@@H]1[C@H](OCc2ccccc2)O[C@H]2CO[C@@H](c3ccccc3)O[C@@H]2[C@H]1OS(C)(=O)=O. The first-order valence-electron chi connectivity index (χ1n) is 10.6. The van der Waals surface area contributed by atoms with Crippen molar-refractivity contribution in [2.45, 2.75) is 50.5 Å². The minimum absolute atomic E-state index is 0.131. The van der Waals surface area contributed by atoms with E-state index in [0.29, 0.717) is 0 Å². The topological polar surface area (TPSA) is 109 Å². The zero-order valence-corrected chi connectivity index (χ0v) is 19.1. The van der Waals surface area contributed by atoms with Crippen LogP contribution in [0.25, 0.3) is 0 Å². The Kier molecular flexibility index (Phi) is 7.42. The number of benzene rings is 2. The summed E-state index contributed by atoms with van der Waals surface area (Å²) in [5.74, 6) is -0.385. The predicted octanol–water partition coefficient (Wildman–Crippen LogP) is 1.89. The summed E-state index contributed by atoms with van der Waals surface area (Å²) in [6.07, 6.45) is -3.34. The van der Waals surface area contributed by atoms with Gasteiger partial charge in [0.2, 0.25) is 5.91 Å². The molecule has 0 saturated carbocycles. The van der Waals surface area contributed by atoms with Crippen molar-refractivity contribution in [3.8, 4) is 0 Å². The number of carbonyl (C=O) groups excluding carboxylic acids is 1. The van der Waals surface area contributed by atoms with Crippen LogP contribution in [-0.2, 0) is 44.7 Å². The maximum absolute atomic E-state index is 12.1. The summed E-state index contributed by atoms with van der Waals surface area (Å²) in [5, 5.41) is 2.73. The van der Waals surface area contributed by atoms with Gasteiger partial charge in [-0.05, 0) is 5.56 Å². The van der Waals surface area contributed by atoms with Gasteiger partial charge < -0.3 is 24.3 Å². The maximum atomic E-state index is 12.1. The average molecular weight is 478 g/mol. The Hall–Kier alpha value is -2.34. The van der Waals surface area contributed by atoms with Crippen LogP contribution in [0.1, 0.15) is 24.3 Å². The van der Waals surface area contributed by atoms with Gasteiger partial charge in [-0.2, -0.15) is 8.42 Å². The third-order valence-electron chi connectivity index (χ3n) is 5.32.